The summed E-state index contributed by atoms with van der Waals surface area (Å²) in [5, 5.41) is 2.70. The van der Waals surface area contributed by atoms with Crippen LogP contribution in [0.4, 0.5) is 4.79 Å². The van der Waals surface area contributed by atoms with E-state index in [0.29, 0.717) is 6.42 Å². The Morgan fingerprint density at radius 3 is 2.23 bits per heavy atom. The first-order chi connectivity index (χ1) is 16.0. The molecule has 0 unspecified atom stereocenters. The van der Waals surface area contributed by atoms with Crippen LogP contribution in [-0.2, 0) is 30.1 Å². The molecule has 8 nitrogen and oxygen atoms in total. The average Bonchev–Trinajstić information content (AvgIpc) is 3.14. The molecule has 2 rings (SSSR count). The summed E-state index contributed by atoms with van der Waals surface area (Å²) in [5.41, 5.74) is 0.155. The van der Waals surface area contributed by atoms with E-state index in [9.17, 15) is 14.4 Å². The Bertz CT molecular complexity index is 891. The van der Waals surface area contributed by atoms with Gasteiger partial charge in [-0.25, -0.2) is 9.59 Å². The zero-order valence-electron chi connectivity index (χ0n) is 22.6. The second kappa shape index (κ2) is 11.1. The number of carbonyl (C=O) groups excluding carboxylic acids is 3. The summed E-state index contributed by atoms with van der Waals surface area (Å²) in [5.74, 6) is -0.973. The third kappa shape index (κ3) is 8.35. The molecule has 0 aliphatic carbocycles. The smallest absolute Gasteiger partial charge is 0.411 e. The van der Waals surface area contributed by atoms with Crippen molar-refractivity contribution in [2.24, 2.45) is 0 Å². The van der Waals surface area contributed by atoms with Crippen LogP contribution >= 0.6 is 0 Å². The molecule has 0 radical (unpaired) electrons. The maximum absolute atomic E-state index is 13.2. The molecule has 1 aliphatic rings. The number of benzene rings is 1. The molecule has 0 bridgehead atoms. The van der Waals surface area contributed by atoms with Crippen LogP contribution in [0.25, 0.3) is 0 Å². The first-order valence-electron chi connectivity index (χ1n) is 12.2. The lowest BCUT2D eigenvalue weighted by Gasteiger charge is -2.38. The molecule has 35 heavy (non-hydrogen) atoms. The maximum Gasteiger partial charge on any atom is 0.411 e. The van der Waals surface area contributed by atoms with Crippen LogP contribution in [0.3, 0.4) is 0 Å². The Balaban J connectivity index is 2.09. The lowest BCUT2D eigenvalue weighted by molar-refractivity contribution is -0.149. The van der Waals surface area contributed by atoms with Crippen molar-refractivity contribution in [1.82, 2.24) is 10.2 Å². The SMILES string of the molecule is C[C@H](NC(=O)[C@@H]1C[C@H](O[Si](C)(C)C(C)(C)C)CN1C(=O)OC(C)(C)C)C(=O)OCc1ccccc1. The second-order valence-corrected chi connectivity index (χ2v) is 16.5. The number of amides is 2. The number of ether oxygens (including phenoxy) is 2. The van der Waals surface area contributed by atoms with Crippen LogP contribution < -0.4 is 5.32 Å². The van der Waals surface area contributed by atoms with Gasteiger partial charge in [-0.1, -0.05) is 51.1 Å². The minimum atomic E-state index is -2.12. The number of nitrogens with zero attached hydrogens (tertiary/aromatic N) is 1. The van der Waals surface area contributed by atoms with E-state index in [-0.39, 0.29) is 24.3 Å². The average molecular weight is 507 g/mol. The number of hydrogen-bond acceptors (Lipinski definition) is 6. The number of likely N-dealkylation sites (tertiary alicyclic amines) is 1. The third-order valence-corrected chi connectivity index (χ3v) is 10.9. The van der Waals surface area contributed by atoms with Gasteiger partial charge >= 0.3 is 12.1 Å². The largest absolute Gasteiger partial charge is 0.459 e. The van der Waals surface area contributed by atoms with Gasteiger partial charge in [-0.2, -0.15) is 0 Å². The fraction of sp³-hybridized carbons (Fsp3) is 0.654. The quantitative estimate of drug-likeness (QED) is 0.428. The van der Waals surface area contributed by atoms with Crippen molar-refractivity contribution in [1.29, 1.82) is 0 Å². The zero-order valence-corrected chi connectivity index (χ0v) is 23.6. The van der Waals surface area contributed by atoms with Gasteiger partial charge in [0, 0.05) is 13.0 Å². The van der Waals surface area contributed by atoms with Crippen LogP contribution in [0, 0.1) is 0 Å². The first kappa shape index (κ1) is 28.8. The minimum absolute atomic E-state index is 0.0128. The summed E-state index contributed by atoms with van der Waals surface area (Å²) >= 11 is 0. The van der Waals surface area contributed by atoms with Crippen molar-refractivity contribution in [2.75, 3.05) is 6.54 Å². The van der Waals surface area contributed by atoms with Crippen molar-refractivity contribution in [3.8, 4) is 0 Å². The molecule has 1 N–H and O–H groups in total. The van der Waals surface area contributed by atoms with Crippen molar-refractivity contribution in [2.45, 2.75) is 103 Å². The predicted molar refractivity (Wildman–Crippen MR) is 137 cm³/mol. The van der Waals surface area contributed by atoms with Crippen LogP contribution in [0.1, 0.15) is 60.5 Å². The van der Waals surface area contributed by atoms with Crippen molar-refractivity contribution in [3.63, 3.8) is 0 Å². The van der Waals surface area contributed by atoms with Crippen LogP contribution in [0.2, 0.25) is 18.1 Å². The number of carbonyl (C=O) groups is 3. The van der Waals surface area contributed by atoms with Crippen molar-refractivity contribution >= 4 is 26.3 Å². The molecule has 1 heterocycles. The third-order valence-electron chi connectivity index (χ3n) is 6.40. The molecule has 1 aromatic carbocycles. The van der Waals surface area contributed by atoms with E-state index in [1.807, 2.05) is 30.3 Å². The zero-order chi connectivity index (χ0) is 26.6. The van der Waals surface area contributed by atoms with E-state index in [4.69, 9.17) is 13.9 Å². The number of rotatable bonds is 7. The van der Waals surface area contributed by atoms with E-state index in [1.54, 1.807) is 27.7 Å². The summed E-state index contributed by atoms with van der Waals surface area (Å²) in [6.07, 6.45) is -0.526. The Morgan fingerprint density at radius 2 is 1.69 bits per heavy atom. The Morgan fingerprint density at radius 1 is 1.09 bits per heavy atom. The Labute approximate surface area is 210 Å². The summed E-state index contributed by atoms with van der Waals surface area (Å²) < 4.78 is 17.4. The molecule has 3 atom stereocenters. The monoisotopic (exact) mass is 506 g/mol. The van der Waals surface area contributed by atoms with Gasteiger partial charge in [0.15, 0.2) is 8.32 Å². The van der Waals surface area contributed by atoms with E-state index < -0.39 is 44.0 Å². The van der Waals surface area contributed by atoms with E-state index >= 15 is 0 Å². The molecule has 9 heteroatoms. The van der Waals surface area contributed by atoms with Gasteiger partial charge in [0.1, 0.15) is 24.3 Å². The summed E-state index contributed by atoms with van der Waals surface area (Å²) in [4.78, 5) is 40.0. The molecule has 0 aromatic heterocycles. The summed E-state index contributed by atoms with van der Waals surface area (Å²) in [6, 6.07) is 7.65. The molecule has 2 amide bonds. The molecule has 1 fully saturated rings. The van der Waals surface area contributed by atoms with Crippen LogP contribution in [0.15, 0.2) is 30.3 Å². The fourth-order valence-electron chi connectivity index (χ4n) is 3.47. The summed E-state index contributed by atoms with van der Waals surface area (Å²) in [6.45, 7) is 18.0. The Kier molecular flexibility index (Phi) is 9.16. The van der Waals surface area contributed by atoms with Gasteiger partial charge in [-0.05, 0) is 51.4 Å². The lowest BCUT2D eigenvalue weighted by atomic mass is 10.1. The highest BCUT2D eigenvalue weighted by atomic mass is 28.4. The maximum atomic E-state index is 13.2. The highest BCUT2D eigenvalue weighted by molar-refractivity contribution is 6.74. The number of hydrogen-bond donors (Lipinski definition) is 1. The molecule has 0 spiro atoms. The van der Waals surface area contributed by atoms with Crippen LogP contribution in [-0.4, -0.2) is 61.5 Å². The molecule has 0 saturated carbocycles. The second-order valence-electron chi connectivity index (χ2n) is 11.7. The molecule has 1 aliphatic heterocycles. The lowest BCUT2D eigenvalue weighted by Crippen LogP contribution is -2.51. The molecule has 196 valence electrons. The van der Waals surface area contributed by atoms with E-state index in [0.717, 1.165) is 5.56 Å². The Hall–Kier alpha value is -2.39. The minimum Gasteiger partial charge on any atom is -0.459 e. The van der Waals surface area contributed by atoms with Gasteiger partial charge in [0.2, 0.25) is 5.91 Å². The normalized spacial score (nSPS) is 19.7. The molecule has 1 aromatic rings. The first-order valence-corrected chi connectivity index (χ1v) is 15.1. The van der Waals surface area contributed by atoms with E-state index in [1.165, 1.54) is 4.90 Å². The topological polar surface area (TPSA) is 94.2 Å². The molecule has 1 saturated heterocycles. The molecular weight excluding hydrogens is 464 g/mol. The molecular formula is C26H42N2O6Si. The van der Waals surface area contributed by atoms with Crippen molar-refractivity contribution < 1.29 is 28.3 Å². The van der Waals surface area contributed by atoms with Crippen molar-refractivity contribution in [3.05, 3.63) is 35.9 Å². The fourth-order valence-corrected chi connectivity index (χ4v) is 4.83. The van der Waals surface area contributed by atoms with Gasteiger partial charge < -0.3 is 19.2 Å². The van der Waals surface area contributed by atoms with Crippen LogP contribution in [0.5, 0.6) is 0 Å². The number of esters is 1. The number of nitrogens with one attached hydrogen (secondary N) is 1. The van der Waals surface area contributed by atoms with Gasteiger partial charge in [0.25, 0.3) is 0 Å². The van der Waals surface area contributed by atoms with Gasteiger partial charge in [-0.15, -0.1) is 0 Å². The highest BCUT2D eigenvalue weighted by Gasteiger charge is 2.46. The predicted octanol–water partition coefficient (Wildman–Crippen LogP) is 4.63. The van der Waals surface area contributed by atoms with Gasteiger partial charge in [0.05, 0.1) is 6.10 Å². The van der Waals surface area contributed by atoms with Gasteiger partial charge in [-0.3, -0.25) is 9.69 Å². The highest BCUT2D eigenvalue weighted by Crippen LogP contribution is 2.39. The standard InChI is InChI=1S/C26H42N2O6Si/c1-18(23(30)32-17-19-13-11-10-12-14-19)27-22(29)21-15-20(34-35(8,9)26(5,6)7)16-28(21)24(31)33-25(2,3)4/h10-14,18,20-21H,15-17H2,1-9H3,(H,27,29)/t18-,20-,21-/m0/s1. The van der Waals surface area contributed by atoms with E-state index in [2.05, 4.69) is 39.2 Å². The summed E-state index contributed by atoms with van der Waals surface area (Å²) in [7, 11) is -2.12.